The molecular formula is C21H28ClN3O4. The number of hydrogen-bond acceptors (Lipinski definition) is 4. The Kier molecular flexibility index (Phi) is 7.75. The maximum Gasteiger partial charge on any atom is 0.255 e. The van der Waals surface area contributed by atoms with Gasteiger partial charge in [0.05, 0.1) is 12.2 Å². The molecule has 3 N–H and O–H groups in total. The molecule has 0 saturated heterocycles. The summed E-state index contributed by atoms with van der Waals surface area (Å²) in [5.74, 6) is 0.131. The van der Waals surface area contributed by atoms with Crippen LogP contribution < -0.4 is 20.7 Å². The average Bonchev–Trinajstić information content (AvgIpc) is 3.53. The molecule has 2 aliphatic rings. The lowest BCUT2D eigenvalue weighted by molar-refractivity contribution is -0.124. The van der Waals surface area contributed by atoms with E-state index < -0.39 is 11.9 Å². The normalized spacial score (nSPS) is 21.5. The molecule has 1 atom stereocenters. The van der Waals surface area contributed by atoms with Gasteiger partial charge in [0.1, 0.15) is 11.8 Å². The highest BCUT2D eigenvalue weighted by atomic mass is 35.5. The molecule has 7 nitrogen and oxygen atoms in total. The zero-order valence-electron chi connectivity index (χ0n) is 16.5. The number of fused-ring (bicyclic) bond motifs is 1. The van der Waals surface area contributed by atoms with E-state index in [1.807, 2.05) is 0 Å². The Labute approximate surface area is 175 Å². The second kappa shape index (κ2) is 10.5. The zero-order chi connectivity index (χ0) is 20.6. The van der Waals surface area contributed by atoms with Gasteiger partial charge in [-0.3, -0.25) is 14.4 Å². The van der Waals surface area contributed by atoms with Gasteiger partial charge in [-0.05, 0) is 62.6 Å². The van der Waals surface area contributed by atoms with E-state index in [9.17, 15) is 14.4 Å². The lowest BCUT2D eigenvalue weighted by atomic mass is 10.1. The van der Waals surface area contributed by atoms with Crippen LogP contribution in [-0.4, -0.2) is 43.5 Å². The van der Waals surface area contributed by atoms with E-state index in [1.54, 1.807) is 12.1 Å². The number of amides is 3. The predicted octanol–water partition coefficient (Wildman–Crippen LogP) is 2.42. The van der Waals surface area contributed by atoms with Gasteiger partial charge in [-0.1, -0.05) is 11.6 Å². The Balaban J connectivity index is 1.76. The highest BCUT2D eigenvalue weighted by molar-refractivity contribution is 6.31. The van der Waals surface area contributed by atoms with Crippen LogP contribution in [0.2, 0.25) is 5.02 Å². The molecular weight excluding hydrogens is 394 g/mol. The van der Waals surface area contributed by atoms with E-state index in [1.165, 1.54) is 6.07 Å². The lowest BCUT2D eigenvalue weighted by Crippen LogP contribution is -2.47. The molecule has 8 heteroatoms. The first-order valence-corrected chi connectivity index (χ1v) is 10.7. The van der Waals surface area contributed by atoms with Crippen LogP contribution in [0.15, 0.2) is 18.2 Å². The summed E-state index contributed by atoms with van der Waals surface area (Å²) in [5, 5.41) is 8.93. The largest absolute Gasteiger partial charge is 0.493 e. The van der Waals surface area contributed by atoms with Gasteiger partial charge in [0.25, 0.3) is 5.91 Å². The molecule has 0 aromatic heterocycles. The monoisotopic (exact) mass is 421 g/mol. The quantitative estimate of drug-likeness (QED) is 0.698. The Hall–Kier alpha value is -2.28. The first kappa shape index (κ1) is 21.4. The third-order valence-corrected chi connectivity index (χ3v) is 5.37. The van der Waals surface area contributed by atoms with Gasteiger partial charge >= 0.3 is 0 Å². The van der Waals surface area contributed by atoms with Crippen molar-refractivity contribution in [3.05, 3.63) is 28.8 Å². The fourth-order valence-corrected chi connectivity index (χ4v) is 3.35. The van der Waals surface area contributed by atoms with Crippen molar-refractivity contribution in [2.45, 2.75) is 51.0 Å². The van der Waals surface area contributed by atoms with Gasteiger partial charge in [0.15, 0.2) is 0 Å². The molecule has 3 amide bonds. The number of rotatable bonds is 3. The van der Waals surface area contributed by atoms with Crippen LogP contribution in [0, 0.1) is 5.92 Å². The van der Waals surface area contributed by atoms with Crippen LogP contribution in [0.5, 0.6) is 5.75 Å². The summed E-state index contributed by atoms with van der Waals surface area (Å²) in [6, 6.07) is 4.08. The van der Waals surface area contributed by atoms with E-state index in [0.29, 0.717) is 36.4 Å². The fourth-order valence-electron chi connectivity index (χ4n) is 3.18. The minimum Gasteiger partial charge on any atom is -0.493 e. The van der Waals surface area contributed by atoms with Crippen molar-refractivity contribution in [1.82, 2.24) is 16.0 Å². The molecule has 1 fully saturated rings. The molecule has 3 rings (SSSR count). The summed E-state index contributed by atoms with van der Waals surface area (Å²) in [5.41, 5.74) is 0.289. The van der Waals surface area contributed by atoms with E-state index in [4.69, 9.17) is 16.3 Å². The maximum atomic E-state index is 12.9. The van der Waals surface area contributed by atoms with Crippen LogP contribution in [0.4, 0.5) is 0 Å². The van der Waals surface area contributed by atoms with Crippen molar-refractivity contribution in [1.29, 1.82) is 0 Å². The van der Waals surface area contributed by atoms with Gasteiger partial charge in [-0.25, -0.2) is 0 Å². The predicted molar refractivity (Wildman–Crippen MR) is 110 cm³/mol. The fraction of sp³-hybridized carbons (Fsp3) is 0.571. The number of ether oxygens (including phenoxy) is 1. The van der Waals surface area contributed by atoms with Crippen LogP contribution in [0.25, 0.3) is 0 Å². The third-order valence-electron chi connectivity index (χ3n) is 5.13. The van der Waals surface area contributed by atoms with Crippen molar-refractivity contribution >= 4 is 29.3 Å². The molecule has 158 valence electrons. The van der Waals surface area contributed by atoms with Gasteiger partial charge < -0.3 is 20.7 Å². The number of carbonyl (C=O) groups excluding carboxylic acids is 3. The minimum absolute atomic E-state index is 0.117. The zero-order valence-corrected chi connectivity index (χ0v) is 17.2. The van der Waals surface area contributed by atoms with Crippen LogP contribution in [-0.2, 0) is 9.59 Å². The van der Waals surface area contributed by atoms with Gasteiger partial charge in [0, 0.05) is 24.5 Å². The Morgan fingerprint density at radius 1 is 1.17 bits per heavy atom. The van der Waals surface area contributed by atoms with Gasteiger partial charge in [0.2, 0.25) is 11.8 Å². The Bertz CT molecular complexity index is 751. The van der Waals surface area contributed by atoms with E-state index in [0.717, 1.165) is 32.1 Å². The average molecular weight is 422 g/mol. The molecule has 0 bridgehead atoms. The van der Waals surface area contributed by atoms with Crippen LogP contribution >= 0.6 is 11.6 Å². The highest BCUT2D eigenvalue weighted by Gasteiger charge is 2.27. The van der Waals surface area contributed by atoms with Crippen molar-refractivity contribution < 1.29 is 19.1 Å². The van der Waals surface area contributed by atoms with Crippen molar-refractivity contribution in [3.8, 4) is 5.75 Å². The maximum absolute atomic E-state index is 12.9. The summed E-state index contributed by atoms with van der Waals surface area (Å²) < 4.78 is 5.79. The molecule has 1 aromatic rings. The van der Waals surface area contributed by atoms with E-state index in [2.05, 4.69) is 16.0 Å². The Morgan fingerprint density at radius 2 is 2.00 bits per heavy atom. The SMILES string of the molecule is O=C1CC[C@@H](C(=O)NCC2CC2)NC(=O)c2cc(Cl)ccc2OCCCCCN1. The summed E-state index contributed by atoms with van der Waals surface area (Å²) in [4.78, 5) is 37.6. The second-order valence-corrected chi connectivity index (χ2v) is 8.09. The van der Waals surface area contributed by atoms with Crippen molar-refractivity contribution in [3.63, 3.8) is 0 Å². The first-order valence-electron chi connectivity index (χ1n) is 10.3. The second-order valence-electron chi connectivity index (χ2n) is 7.65. The standard InChI is InChI=1S/C21H28ClN3O4/c22-15-6-8-18-16(12-15)20(27)25-17(21(28)24-13-14-4-5-14)7-9-19(26)23-10-2-1-3-11-29-18/h6,8,12,14,17H,1-5,7,9-11,13H2,(H,23,26)(H,24,28)(H,25,27)/t17-/m0/s1. The number of nitrogens with one attached hydrogen (secondary N) is 3. The third kappa shape index (κ3) is 6.92. The van der Waals surface area contributed by atoms with Crippen LogP contribution in [0.1, 0.15) is 55.3 Å². The summed E-state index contributed by atoms with van der Waals surface area (Å²) in [6.07, 6.45) is 5.19. The molecule has 29 heavy (non-hydrogen) atoms. The van der Waals surface area contributed by atoms with Gasteiger partial charge in [-0.15, -0.1) is 0 Å². The molecule has 0 unspecified atom stereocenters. The molecule has 0 spiro atoms. The number of halogens is 1. The van der Waals surface area contributed by atoms with Crippen molar-refractivity contribution in [2.24, 2.45) is 5.92 Å². The van der Waals surface area contributed by atoms with E-state index in [-0.39, 0.29) is 30.2 Å². The molecule has 1 aliphatic carbocycles. The minimum atomic E-state index is -0.802. The number of carbonyl (C=O) groups is 3. The smallest absolute Gasteiger partial charge is 0.255 e. The van der Waals surface area contributed by atoms with E-state index >= 15 is 0 Å². The molecule has 1 heterocycles. The summed E-state index contributed by atoms with van der Waals surface area (Å²) in [6.45, 7) is 1.65. The number of benzene rings is 1. The summed E-state index contributed by atoms with van der Waals surface area (Å²) >= 11 is 6.08. The highest BCUT2D eigenvalue weighted by Crippen LogP contribution is 2.27. The number of hydrogen-bond donors (Lipinski definition) is 3. The molecule has 0 radical (unpaired) electrons. The Morgan fingerprint density at radius 3 is 2.79 bits per heavy atom. The van der Waals surface area contributed by atoms with Gasteiger partial charge in [-0.2, -0.15) is 0 Å². The lowest BCUT2D eigenvalue weighted by Gasteiger charge is -2.19. The molecule has 1 aromatic carbocycles. The molecule has 1 aliphatic heterocycles. The van der Waals surface area contributed by atoms with Crippen LogP contribution in [0.3, 0.4) is 0 Å². The van der Waals surface area contributed by atoms with Crippen molar-refractivity contribution in [2.75, 3.05) is 19.7 Å². The summed E-state index contributed by atoms with van der Waals surface area (Å²) in [7, 11) is 0. The molecule has 1 saturated carbocycles. The topological polar surface area (TPSA) is 96.5 Å². The first-order chi connectivity index (χ1) is 14.0.